The Labute approximate surface area is 190 Å². The molecule has 9 heteroatoms. The molecule has 0 radical (unpaired) electrons. The van der Waals surface area contributed by atoms with Crippen molar-refractivity contribution < 1.29 is 4.74 Å². The minimum absolute atomic E-state index is 0.224. The summed E-state index contributed by atoms with van der Waals surface area (Å²) in [5.41, 5.74) is 1.52. The molecule has 172 valence electrons. The number of nitrogens with zero attached hydrogens (tertiary/aromatic N) is 5. The van der Waals surface area contributed by atoms with E-state index in [1.54, 1.807) is 13.4 Å². The Hall–Kier alpha value is -2.57. The lowest BCUT2D eigenvalue weighted by Gasteiger charge is -2.31. The van der Waals surface area contributed by atoms with Crippen molar-refractivity contribution in [3.05, 3.63) is 18.1 Å². The molecule has 1 aromatic heterocycles. The van der Waals surface area contributed by atoms with Gasteiger partial charge in [-0.2, -0.15) is 5.26 Å². The minimum atomic E-state index is -0.224. The Morgan fingerprint density at radius 3 is 2.72 bits per heavy atom. The Bertz CT molecular complexity index is 880. The molecule has 3 N–H and O–H groups in total. The van der Waals surface area contributed by atoms with Gasteiger partial charge in [-0.3, -0.25) is 4.99 Å². The summed E-state index contributed by atoms with van der Waals surface area (Å²) in [6.07, 6.45) is 8.77. The molecule has 1 unspecified atom stereocenters. The highest BCUT2D eigenvalue weighted by atomic mass is 16.5. The molecule has 1 atom stereocenters. The Morgan fingerprint density at radius 1 is 1.22 bits per heavy atom. The predicted octanol–water partition coefficient (Wildman–Crippen LogP) is 2.27. The molecule has 9 nitrogen and oxygen atoms in total. The minimum Gasteiger partial charge on any atom is -0.383 e. The van der Waals surface area contributed by atoms with Crippen LogP contribution in [0.4, 0.5) is 5.82 Å². The quantitative estimate of drug-likeness (QED) is 0.541. The lowest BCUT2D eigenvalue weighted by molar-refractivity contribution is 0.161. The Morgan fingerprint density at radius 2 is 2.00 bits per heavy atom. The molecular formula is C23H34N8O. The van der Waals surface area contributed by atoms with Crippen molar-refractivity contribution >= 4 is 17.5 Å². The zero-order chi connectivity index (χ0) is 22.4. The molecule has 4 rings (SSSR count). The largest absolute Gasteiger partial charge is 0.383 e. The second-order valence-electron chi connectivity index (χ2n) is 9.26. The summed E-state index contributed by atoms with van der Waals surface area (Å²) in [6.45, 7) is 4.19. The van der Waals surface area contributed by atoms with Crippen LogP contribution in [0, 0.1) is 16.7 Å². The lowest BCUT2D eigenvalue weighted by atomic mass is 9.90. The molecule has 1 aliphatic heterocycles. The first-order chi connectivity index (χ1) is 15.6. The monoisotopic (exact) mass is 438 g/mol. The summed E-state index contributed by atoms with van der Waals surface area (Å²) in [5.74, 6) is 1.45. The van der Waals surface area contributed by atoms with Gasteiger partial charge in [0.25, 0.3) is 0 Å². The van der Waals surface area contributed by atoms with E-state index in [4.69, 9.17) is 4.74 Å². The first kappa shape index (κ1) is 22.6. The van der Waals surface area contributed by atoms with E-state index < -0.39 is 0 Å². The number of methoxy groups -OCH3 is 1. The van der Waals surface area contributed by atoms with Crippen LogP contribution in [-0.4, -0.2) is 66.6 Å². The number of hydrogen-bond donors (Lipinski definition) is 3. The van der Waals surface area contributed by atoms with Crippen LogP contribution in [0.5, 0.6) is 0 Å². The van der Waals surface area contributed by atoms with Crippen LogP contribution >= 0.6 is 0 Å². The third kappa shape index (κ3) is 6.02. The van der Waals surface area contributed by atoms with Crippen molar-refractivity contribution in [2.75, 3.05) is 32.1 Å². The first-order valence-corrected chi connectivity index (χ1v) is 11.7. The van der Waals surface area contributed by atoms with Crippen LogP contribution in [0.2, 0.25) is 0 Å². The van der Waals surface area contributed by atoms with Crippen LogP contribution in [-0.2, 0) is 4.74 Å². The number of anilines is 1. The van der Waals surface area contributed by atoms with Gasteiger partial charge in [-0.25, -0.2) is 15.0 Å². The van der Waals surface area contributed by atoms with E-state index in [9.17, 15) is 5.26 Å². The van der Waals surface area contributed by atoms with E-state index in [-0.39, 0.29) is 5.41 Å². The van der Waals surface area contributed by atoms with E-state index in [2.05, 4.69) is 48.9 Å². The van der Waals surface area contributed by atoms with Crippen LogP contribution in [0.15, 0.2) is 22.4 Å². The van der Waals surface area contributed by atoms with Gasteiger partial charge in [-0.05, 0) is 45.4 Å². The van der Waals surface area contributed by atoms with Crippen LogP contribution in [0.1, 0.15) is 57.6 Å². The second kappa shape index (κ2) is 10.4. The highest BCUT2D eigenvalue weighted by molar-refractivity contribution is 6.07. The average Bonchev–Trinajstić information content (AvgIpc) is 3.60. The third-order valence-electron chi connectivity index (χ3n) is 6.51. The Kier molecular flexibility index (Phi) is 7.33. The molecule has 2 fully saturated rings. The smallest absolute Gasteiger partial charge is 0.218 e. The summed E-state index contributed by atoms with van der Waals surface area (Å²) in [7, 11) is 1.75. The van der Waals surface area contributed by atoms with E-state index in [1.165, 1.54) is 0 Å². The SMILES string of the molecule is COCC(C)NC1CCC(Nc2cc(C3=NC(NCC4(C#N)CC4)=NCC3)ncn2)CC1. The number of nitriles is 1. The number of ether oxygens (including phenoxy) is 1. The van der Waals surface area contributed by atoms with Crippen LogP contribution < -0.4 is 16.0 Å². The molecule has 3 aliphatic rings. The van der Waals surface area contributed by atoms with Gasteiger partial charge in [0.1, 0.15) is 12.1 Å². The van der Waals surface area contributed by atoms with Gasteiger partial charge < -0.3 is 20.7 Å². The van der Waals surface area contributed by atoms with E-state index in [1.807, 2.05) is 6.07 Å². The van der Waals surface area contributed by atoms with E-state index >= 15 is 0 Å². The second-order valence-corrected chi connectivity index (χ2v) is 9.26. The number of rotatable bonds is 9. The molecule has 2 saturated carbocycles. The molecule has 32 heavy (non-hydrogen) atoms. The van der Waals surface area contributed by atoms with Crippen LogP contribution in [0.3, 0.4) is 0 Å². The third-order valence-corrected chi connectivity index (χ3v) is 6.51. The van der Waals surface area contributed by atoms with Crippen molar-refractivity contribution in [2.45, 2.75) is 70.0 Å². The summed E-state index contributed by atoms with van der Waals surface area (Å²) < 4.78 is 5.23. The number of aromatic nitrogens is 2. The lowest BCUT2D eigenvalue weighted by Crippen LogP contribution is -2.42. The Balaban J connectivity index is 1.30. The average molecular weight is 439 g/mol. The van der Waals surface area contributed by atoms with Crippen molar-refractivity contribution in [1.29, 1.82) is 5.26 Å². The normalized spacial score (nSPS) is 25.2. The maximum atomic E-state index is 9.26. The predicted molar refractivity (Wildman–Crippen MR) is 125 cm³/mol. The van der Waals surface area contributed by atoms with E-state index in [0.29, 0.717) is 37.2 Å². The maximum absolute atomic E-state index is 9.26. The highest BCUT2D eigenvalue weighted by Gasteiger charge is 2.43. The first-order valence-electron chi connectivity index (χ1n) is 11.7. The van der Waals surface area contributed by atoms with Gasteiger partial charge in [0.15, 0.2) is 0 Å². The molecule has 0 aromatic carbocycles. The molecule has 0 amide bonds. The molecule has 0 spiro atoms. The molecule has 0 bridgehead atoms. The maximum Gasteiger partial charge on any atom is 0.218 e. The molecule has 0 saturated heterocycles. The molecular weight excluding hydrogens is 404 g/mol. The van der Waals surface area contributed by atoms with Crippen molar-refractivity contribution in [2.24, 2.45) is 15.4 Å². The highest BCUT2D eigenvalue weighted by Crippen LogP contribution is 2.44. The molecule has 1 aromatic rings. The van der Waals surface area contributed by atoms with Crippen LogP contribution in [0.25, 0.3) is 0 Å². The van der Waals surface area contributed by atoms with Gasteiger partial charge in [0.05, 0.1) is 29.5 Å². The van der Waals surface area contributed by atoms with Crippen molar-refractivity contribution in [3.63, 3.8) is 0 Å². The van der Waals surface area contributed by atoms with Crippen molar-refractivity contribution in [1.82, 2.24) is 20.6 Å². The topological polar surface area (TPSA) is 120 Å². The summed E-state index contributed by atoms with van der Waals surface area (Å²) in [4.78, 5) is 18.0. The van der Waals surface area contributed by atoms with Gasteiger partial charge >= 0.3 is 0 Å². The zero-order valence-electron chi connectivity index (χ0n) is 19.1. The number of guanidine groups is 1. The van der Waals surface area contributed by atoms with Crippen molar-refractivity contribution in [3.8, 4) is 6.07 Å². The summed E-state index contributed by atoms with van der Waals surface area (Å²) >= 11 is 0. The van der Waals surface area contributed by atoms with Gasteiger partial charge in [0.2, 0.25) is 5.96 Å². The van der Waals surface area contributed by atoms with E-state index in [0.717, 1.165) is 68.8 Å². The fourth-order valence-electron chi connectivity index (χ4n) is 4.40. The van der Waals surface area contributed by atoms with Gasteiger partial charge in [0, 0.05) is 50.8 Å². The van der Waals surface area contributed by atoms with Gasteiger partial charge in [-0.1, -0.05) is 0 Å². The fraction of sp³-hybridized carbons (Fsp3) is 0.696. The molecule has 2 heterocycles. The standard InChI is InChI=1S/C23H34N8O/c1-16(12-32-2)29-17-3-5-18(6-4-17)30-21-11-20(27-15-28-21)19-7-10-25-22(31-19)26-14-23(13-24)8-9-23/h11,15-18,29H,3-10,12,14H2,1-2H3,(H,25,26)(H,27,28,30). The summed E-state index contributed by atoms with van der Waals surface area (Å²) in [6, 6.07) is 5.74. The number of hydrogen-bond acceptors (Lipinski definition) is 9. The number of aliphatic imine (C=N–C) groups is 2. The fourth-order valence-corrected chi connectivity index (χ4v) is 4.40. The molecule has 2 aliphatic carbocycles. The summed E-state index contributed by atoms with van der Waals surface area (Å²) in [5, 5.41) is 19.8. The van der Waals surface area contributed by atoms with Gasteiger partial charge in [-0.15, -0.1) is 0 Å². The zero-order valence-corrected chi connectivity index (χ0v) is 19.1. The number of nitrogens with one attached hydrogen (secondary N) is 3.